The van der Waals surface area contributed by atoms with Gasteiger partial charge >= 0.3 is 0 Å². The van der Waals surface area contributed by atoms with Gasteiger partial charge in [-0.15, -0.1) is 0 Å². The Morgan fingerprint density at radius 2 is 1.59 bits per heavy atom. The van der Waals surface area contributed by atoms with Gasteiger partial charge < -0.3 is 4.74 Å². The number of rotatable bonds is 5. The summed E-state index contributed by atoms with van der Waals surface area (Å²) in [6.45, 7) is 5.92. The third kappa shape index (κ3) is 7.01. The van der Waals surface area contributed by atoms with Crippen LogP contribution in [-0.2, 0) is 29.4 Å². The Bertz CT molecular complexity index is 824. The smallest absolute Gasteiger partial charge is 0.293 e. The van der Waals surface area contributed by atoms with Gasteiger partial charge in [0.1, 0.15) is 5.60 Å². The SMILES string of the molecule is CC(C)(C)OC=O.Cn1nc(-c2ccncc2)cc1CCc1ccncc1. The molecule has 0 radical (unpaired) electrons. The molecule has 0 N–H and O–H groups in total. The Balaban J connectivity index is 0.000000321. The van der Waals surface area contributed by atoms with Crippen molar-refractivity contribution in [3.63, 3.8) is 0 Å². The maximum absolute atomic E-state index is 9.60. The van der Waals surface area contributed by atoms with E-state index in [1.54, 1.807) is 12.4 Å². The number of aromatic nitrogens is 4. The number of ether oxygens (including phenoxy) is 1. The lowest BCUT2D eigenvalue weighted by atomic mass is 10.1. The standard InChI is InChI=1S/C16H16N4.C5H10O2/c1-20-15(3-2-13-4-8-17-9-5-13)12-16(19-20)14-6-10-18-11-7-14;1-5(2,3)7-4-6/h4-12H,2-3H2,1H3;4H,1-3H3. The maximum atomic E-state index is 9.60. The summed E-state index contributed by atoms with van der Waals surface area (Å²) < 4.78 is 6.50. The molecule has 0 amide bonds. The Morgan fingerprint density at radius 1 is 1.00 bits per heavy atom. The molecule has 0 unspecified atom stereocenters. The average molecular weight is 366 g/mol. The number of pyridine rings is 2. The van der Waals surface area contributed by atoms with Gasteiger partial charge in [-0.3, -0.25) is 19.4 Å². The molecule has 0 aliphatic heterocycles. The highest BCUT2D eigenvalue weighted by Gasteiger charge is 2.08. The Morgan fingerprint density at radius 3 is 2.11 bits per heavy atom. The first-order chi connectivity index (χ1) is 12.9. The van der Waals surface area contributed by atoms with Crippen LogP contribution in [0.15, 0.2) is 55.1 Å². The molecule has 6 nitrogen and oxygen atoms in total. The molecule has 0 saturated heterocycles. The van der Waals surface area contributed by atoms with Crippen LogP contribution in [-0.4, -0.2) is 31.8 Å². The van der Waals surface area contributed by atoms with Gasteiger partial charge in [0.2, 0.25) is 0 Å². The van der Waals surface area contributed by atoms with Gasteiger partial charge in [0, 0.05) is 43.1 Å². The van der Waals surface area contributed by atoms with Crippen LogP contribution in [0.3, 0.4) is 0 Å². The largest absolute Gasteiger partial charge is 0.462 e. The molecule has 27 heavy (non-hydrogen) atoms. The second-order valence-corrected chi connectivity index (χ2v) is 7.06. The summed E-state index contributed by atoms with van der Waals surface area (Å²) >= 11 is 0. The van der Waals surface area contributed by atoms with Crippen molar-refractivity contribution in [3.05, 3.63) is 66.4 Å². The van der Waals surface area contributed by atoms with Crippen LogP contribution in [0.5, 0.6) is 0 Å². The topological polar surface area (TPSA) is 69.9 Å². The summed E-state index contributed by atoms with van der Waals surface area (Å²) in [5, 5.41) is 4.57. The van der Waals surface area contributed by atoms with Gasteiger partial charge in [-0.05, 0) is 69.5 Å². The number of aryl methyl sites for hydroxylation is 3. The van der Waals surface area contributed by atoms with Crippen molar-refractivity contribution in [1.82, 2.24) is 19.7 Å². The fourth-order valence-corrected chi connectivity index (χ4v) is 2.37. The van der Waals surface area contributed by atoms with Crippen LogP contribution >= 0.6 is 0 Å². The molecule has 0 aliphatic carbocycles. The first-order valence-corrected chi connectivity index (χ1v) is 8.83. The van der Waals surface area contributed by atoms with Gasteiger partial charge in [-0.25, -0.2) is 0 Å². The fourth-order valence-electron chi connectivity index (χ4n) is 2.37. The van der Waals surface area contributed by atoms with Gasteiger partial charge in [-0.2, -0.15) is 5.10 Å². The number of hydrogen-bond acceptors (Lipinski definition) is 5. The van der Waals surface area contributed by atoms with Crippen molar-refractivity contribution in [2.75, 3.05) is 0 Å². The van der Waals surface area contributed by atoms with Crippen molar-refractivity contribution < 1.29 is 9.53 Å². The van der Waals surface area contributed by atoms with E-state index in [9.17, 15) is 4.79 Å². The van der Waals surface area contributed by atoms with Gasteiger partial charge in [0.15, 0.2) is 0 Å². The van der Waals surface area contributed by atoms with Crippen LogP contribution in [0, 0.1) is 0 Å². The summed E-state index contributed by atoms with van der Waals surface area (Å²) in [6.07, 6.45) is 9.22. The van der Waals surface area contributed by atoms with Crippen molar-refractivity contribution >= 4 is 6.47 Å². The lowest BCUT2D eigenvalue weighted by Crippen LogP contribution is -2.17. The van der Waals surface area contributed by atoms with Crippen molar-refractivity contribution in [1.29, 1.82) is 0 Å². The molecule has 3 rings (SSSR count). The van der Waals surface area contributed by atoms with E-state index in [-0.39, 0.29) is 5.60 Å². The zero-order chi connectivity index (χ0) is 19.7. The molecule has 0 spiro atoms. The van der Waals surface area contributed by atoms with Crippen LogP contribution in [0.25, 0.3) is 11.3 Å². The lowest BCUT2D eigenvalue weighted by molar-refractivity contribution is -0.138. The van der Waals surface area contributed by atoms with E-state index in [0.717, 1.165) is 24.1 Å². The summed E-state index contributed by atoms with van der Waals surface area (Å²) in [7, 11) is 1.99. The van der Waals surface area contributed by atoms with E-state index in [1.807, 2.05) is 57.0 Å². The number of carbonyl (C=O) groups excluding carboxylic acids is 1. The predicted molar refractivity (Wildman–Crippen MR) is 105 cm³/mol. The van der Waals surface area contributed by atoms with Gasteiger partial charge in [0.25, 0.3) is 6.47 Å². The molecule has 3 aromatic rings. The quantitative estimate of drug-likeness (QED) is 0.645. The Hall–Kier alpha value is -3.02. The van der Waals surface area contributed by atoms with Crippen LogP contribution in [0.1, 0.15) is 32.0 Å². The van der Waals surface area contributed by atoms with Crippen molar-refractivity contribution in [2.45, 2.75) is 39.2 Å². The molecular weight excluding hydrogens is 340 g/mol. The van der Waals surface area contributed by atoms with Crippen molar-refractivity contribution in [3.8, 4) is 11.3 Å². The molecule has 0 bridgehead atoms. The molecule has 0 aliphatic rings. The van der Waals surface area contributed by atoms with Crippen LogP contribution in [0.4, 0.5) is 0 Å². The maximum Gasteiger partial charge on any atom is 0.293 e. The van der Waals surface area contributed by atoms with Gasteiger partial charge in [-0.1, -0.05) is 0 Å². The molecule has 0 fully saturated rings. The minimum Gasteiger partial charge on any atom is -0.462 e. The minimum absolute atomic E-state index is 0.318. The third-order valence-corrected chi connectivity index (χ3v) is 3.77. The molecule has 0 saturated carbocycles. The first kappa shape index (κ1) is 20.3. The summed E-state index contributed by atoms with van der Waals surface area (Å²) in [5.41, 5.74) is 4.31. The zero-order valence-corrected chi connectivity index (χ0v) is 16.3. The van der Waals surface area contributed by atoms with E-state index < -0.39 is 0 Å². The number of nitrogens with zero attached hydrogens (tertiary/aromatic N) is 4. The van der Waals surface area contributed by atoms with Crippen LogP contribution < -0.4 is 0 Å². The molecule has 0 atom stereocenters. The second-order valence-electron chi connectivity index (χ2n) is 7.06. The summed E-state index contributed by atoms with van der Waals surface area (Å²) in [6, 6.07) is 10.2. The Labute approximate surface area is 160 Å². The molecule has 3 heterocycles. The fraction of sp³-hybridized carbons (Fsp3) is 0.333. The monoisotopic (exact) mass is 366 g/mol. The van der Waals surface area contributed by atoms with E-state index in [2.05, 4.69) is 38.0 Å². The van der Waals surface area contributed by atoms with Crippen LogP contribution in [0.2, 0.25) is 0 Å². The van der Waals surface area contributed by atoms with E-state index in [0.29, 0.717) is 6.47 Å². The van der Waals surface area contributed by atoms with Gasteiger partial charge in [0.05, 0.1) is 5.69 Å². The lowest BCUT2D eigenvalue weighted by Gasteiger charge is -2.14. The molecular formula is C21H26N4O2. The molecule has 0 aromatic carbocycles. The molecule has 142 valence electrons. The first-order valence-electron chi connectivity index (χ1n) is 8.83. The van der Waals surface area contributed by atoms with E-state index >= 15 is 0 Å². The number of carbonyl (C=O) groups is 1. The highest BCUT2D eigenvalue weighted by atomic mass is 16.5. The summed E-state index contributed by atoms with van der Waals surface area (Å²) in [5.74, 6) is 0. The highest BCUT2D eigenvalue weighted by molar-refractivity contribution is 5.58. The predicted octanol–water partition coefficient (Wildman–Crippen LogP) is 3.62. The average Bonchev–Trinajstić information content (AvgIpc) is 3.02. The normalized spacial score (nSPS) is 10.7. The van der Waals surface area contributed by atoms with E-state index in [1.165, 1.54) is 11.3 Å². The second kappa shape index (κ2) is 9.62. The number of hydrogen-bond donors (Lipinski definition) is 0. The highest BCUT2D eigenvalue weighted by Crippen LogP contribution is 2.18. The molecule has 3 aromatic heterocycles. The zero-order valence-electron chi connectivity index (χ0n) is 16.3. The minimum atomic E-state index is -0.318. The molecule has 6 heteroatoms. The Kier molecular flexibility index (Phi) is 7.23. The van der Waals surface area contributed by atoms with E-state index in [4.69, 9.17) is 0 Å². The summed E-state index contributed by atoms with van der Waals surface area (Å²) in [4.78, 5) is 17.7. The van der Waals surface area contributed by atoms with Crippen molar-refractivity contribution in [2.24, 2.45) is 7.05 Å². The third-order valence-electron chi connectivity index (χ3n) is 3.77.